The van der Waals surface area contributed by atoms with Crippen LogP contribution in [0.25, 0.3) is 0 Å². The summed E-state index contributed by atoms with van der Waals surface area (Å²) in [7, 11) is 1.93. The van der Waals surface area contributed by atoms with E-state index in [1.54, 1.807) is 25.4 Å². The minimum Gasteiger partial charge on any atom is -0.462 e. The van der Waals surface area contributed by atoms with E-state index < -0.39 is 10.9 Å². The summed E-state index contributed by atoms with van der Waals surface area (Å²) in [4.78, 5) is 24.8. The molecular weight excluding hydrogens is 338 g/mol. The SMILES string of the molecule is CCOC(=O)c1cc(N2CCC(c3nncn3C)CC2)ccc1[N+](=O)[O-]. The van der Waals surface area contributed by atoms with Crippen LogP contribution in [-0.2, 0) is 11.8 Å². The number of nitro benzene ring substituents is 1. The van der Waals surface area contributed by atoms with Crippen molar-refractivity contribution in [2.45, 2.75) is 25.7 Å². The third-order valence-electron chi connectivity index (χ3n) is 4.64. The van der Waals surface area contributed by atoms with Gasteiger partial charge in [0, 0.05) is 37.8 Å². The van der Waals surface area contributed by atoms with Crippen molar-refractivity contribution in [3.8, 4) is 0 Å². The van der Waals surface area contributed by atoms with Crippen LogP contribution in [0.3, 0.4) is 0 Å². The zero-order chi connectivity index (χ0) is 18.7. The molecule has 0 saturated carbocycles. The van der Waals surface area contributed by atoms with Gasteiger partial charge in [0.05, 0.1) is 11.5 Å². The van der Waals surface area contributed by atoms with Gasteiger partial charge >= 0.3 is 5.97 Å². The molecule has 2 heterocycles. The van der Waals surface area contributed by atoms with Gasteiger partial charge in [-0.05, 0) is 31.9 Å². The Balaban J connectivity index is 1.78. The summed E-state index contributed by atoms with van der Waals surface area (Å²) in [5, 5.41) is 19.3. The summed E-state index contributed by atoms with van der Waals surface area (Å²) in [5.74, 6) is 0.636. The molecule has 0 spiro atoms. The molecule has 1 aromatic carbocycles. The highest BCUT2D eigenvalue weighted by atomic mass is 16.6. The minimum absolute atomic E-state index is 0.00947. The van der Waals surface area contributed by atoms with Crippen LogP contribution >= 0.6 is 0 Å². The maximum atomic E-state index is 12.1. The van der Waals surface area contributed by atoms with Gasteiger partial charge in [0.25, 0.3) is 5.69 Å². The van der Waals surface area contributed by atoms with E-state index in [0.717, 1.165) is 37.4 Å². The molecule has 2 aromatic rings. The van der Waals surface area contributed by atoms with E-state index in [1.165, 1.54) is 6.07 Å². The summed E-state index contributed by atoms with van der Waals surface area (Å²) in [6.45, 7) is 3.39. The van der Waals surface area contributed by atoms with Crippen molar-refractivity contribution < 1.29 is 14.5 Å². The maximum Gasteiger partial charge on any atom is 0.345 e. The quantitative estimate of drug-likeness (QED) is 0.458. The van der Waals surface area contributed by atoms with Crippen molar-refractivity contribution in [2.24, 2.45) is 7.05 Å². The molecule has 9 nitrogen and oxygen atoms in total. The molecular formula is C17H21N5O4. The van der Waals surface area contributed by atoms with Crippen LogP contribution < -0.4 is 4.90 Å². The molecule has 0 bridgehead atoms. The zero-order valence-electron chi connectivity index (χ0n) is 14.8. The number of hydrogen-bond acceptors (Lipinski definition) is 7. The highest BCUT2D eigenvalue weighted by Crippen LogP contribution is 2.31. The van der Waals surface area contributed by atoms with Crippen molar-refractivity contribution in [1.29, 1.82) is 0 Å². The third-order valence-corrected chi connectivity index (χ3v) is 4.64. The Labute approximate surface area is 150 Å². The molecule has 9 heteroatoms. The number of anilines is 1. The van der Waals surface area contributed by atoms with Crippen LogP contribution in [0.4, 0.5) is 11.4 Å². The topological polar surface area (TPSA) is 103 Å². The predicted octanol–water partition coefficient (Wildman–Crippen LogP) is 2.28. The number of hydrogen-bond donors (Lipinski definition) is 0. The molecule has 1 aliphatic heterocycles. The van der Waals surface area contributed by atoms with E-state index in [4.69, 9.17) is 4.74 Å². The Morgan fingerprint density at radius 3 is 2.69 bits per heavy atom. The molecule has 0 aliphatic carbocycles. The Kier molecular flexibility index (Phi) is 5.15. The normalized spacial score (nSPS) is 15.1. The Morgan fingerprint density at radius 2 is 2.12 bits per heavy atom. The number of benzene rings is 1. The Bertz CT molecular complexity index is 811. The van der Waals surface area contributed by atoms with Crippen molar-refractivity contribution in [3.63, 3.8) is 0 Å². The second-order valence-electron chi connectivity index (χ2n) is 6.24. The number of carbonyl (C=O) groups is 1. The van der Waals surface area contributed by atoms with Gasteiger partial charge in [-0.15, -0.1) is 10.2 Å². The number of nitro groups is 1. The standard InChI is InChI=1S/C17H21N5O4/c1-3-26-17(23)14-10-13(4-5-15(14)22(24)25)21-8-6-12(7-9-21)16-19-18-11-20(16)2/h4-5,10-12H,3,6-9H2,1-2H3. The second-order valence-corrected chi connectivity index (χ2v) is 6.24. The van der Waals surface area contributed by atoms with Gasteiger partial charge in [-0.1, -0.05) is 0 Å². The van der Waals surface area contributed by atoms with Gasteiger partial charge in [-0.2, -0.15) is 0 Å². The average molecular weight is 359 g/mol. The van der Waals surface area contributed by atoms with Crippen molar-refractivity contribution in [1.82, 2.24) is 14.8 Å². The van der Waals surface area contributed by atoms with E-state index in [1.807, 2.05) is 11.6 Å². The lowest BCUT2D eigenvalue weighted by atomic mass is 9.95. The largest absolute Gasteiger partial charge is 0.462 e. The van der Waals surface area contributed by atoms with Gasteiger partial charge in [0.15, 0.2) is 0 Å². The van der Waals surface area contributed by atoms with Crippen LogP contribution in [0.2, 0.25) is 0 Å². The van der Waals surface area contributed by atoms with E-state index in [9.17, 15) is 14.9 Å². The third kappa shape index (κ3) is 3.51. The van der Waals surface area contributed by atoms with Crippen LogP contribution in [0.15, 0.2) is 24.5 Å². The Morgan fingerprint density at radius 1 is 1.38 bits per heavy atom. The summed E-state index contributed by atoms with van der Waals surface area (Å²) >= 11 is 0. The minimum atomic E-state index is -0.671. The van der Waals surface area contributed by atoms with Crippen LogP contribution in [-0.4, -0.2) is 45.4 Å². The van der Waals surface area contributed by atoms with E-state index in [2.05, 4.69) is 15.1 Å². The smallest absolute Gasteiger partial charge is 0.345 e. The maximum absolute atomic E-state index is 12.1. The van der Waals surface area contributed by atoms with Crippen molar-refractivity contribution >= 4 is 17.3 Å². The molecule has 1 aromatic heterocycles. The molecule has 138 valence electrons. The van der Waals surface area contributed by atoms with Gasteiger partial charge in [-0.25, -0.2) is 4.79 Å². The van der Waals surface area contributed by atoms with Gasteiger partial charge in [0.2, 0.25) is 0 Å². The monoisotopic (exact) mass is 359 g/mol. The number of nitrogens with zero attached hydrogens (tertiary/aromatic N) is 5. The second kappa shape index (κ2) is 7.51. The zero-order valence-corrected chi connectivity index (χ0v) is 14.8. The lowest BCUT2D eigenvalue weighted by Crippen LogP contribution is -2.33. The molecule has 0 radical (unpaired) electrons. The average Bonchev–Trinajstić information content (AvgIpc) is 3.07. The highest BCUT2D eigenvalue weighted by molar-refractivity contribution is 5.95. The summed E-state index contributed by atoms with van der Waals surface area (Å²) < 4.78 is 6.90. The number of aryl methyl sites for hydroxylation is 1. The number of ether oxygens (including phenoxy) is 1. The first-order valence-electron chi connectivity index (χ1n) is 8.55. The fraction of sp³-hybridized carbons (Fsp3) is 0.471. The first-order chi connectivity index (χ1) is 12.5. The fourth-order valence-corrected chi connectivity index (χ4v) is 3.31. The molecule has 3 rings (SSSR count). The van der Waals surface area contributed by atoms with Crippen LogP contribution in [0, 0.1) is 10.1 Å². The molecule has 0 amide bonds. The molecule has 1 fully saturated rings. The molecule has 26 heavy (non-hydrogen) atoms. The van der Waals surface area contributed by atoms with E-state index in [0.29, 0.717) is 5.92 Å². The molecule has 0 unspecified atom stereocenters. The first-order valence-corrected chi connectivity index (χ1v) is 8.55. The first kappa shape index (κ1) is 17.8. The summed E-state index contributed by atoms with van der Waals surface area (Å²) in [6, 6.07) is 4.61. The number of carbonyl (C=O) groups excluding carboxylic acids is 1. The fourth-order valence-electron chi connectivity index (χ4n) is 3.31. The van der Waals surface area contributed by atoms with E-state index >= 15 is 0 Å². The lowest BCUT2D eigenvalue weighted by Gasteiger charge is -2.33. The molecule has 1 aliphatic rings. The summed E-state index contributed by atoms with van der Waals surface area (Å²) in [6.07, 6.45) is 3.50. The van der Waals surface area contributed by atoms with Crippen LogP contribution in [0.5, 0.6) is 0 Å². The molecule has 1 saturated heterocycles. The van der Waals surface area contributed by atoms with Gasteiger partial charge in [0.1, 0.15) is 17.7 Å². The highest BCUT2D eigenvalue weighted by Gasteiger charge is 2.27. The number of esters is 1. The van der Waals surface area contributed by atoms with E-state index in [-0.39, 0.29) is 17.9 Å². The number of piperidine rings is 1. The van der Waals surface area contributed by atoms with Crippen molar-refractivity contribution in [3.05, 3.63) is 46.0 Å². The predicted molar refractivity (Wildman–Crippen MR) is 94.2 cm³/mol. The van der Waals surface area contributed by atoms with Gasteiger partial charge in [-0.3, -0.25) is 10.1 Å². The molecule has 0 N–H and O–H groups in total. The number of aromatic nitrogens is 3. The van der Waals surface area contributed by atoms with Gasteiger partial charge < -0.3 is 14.2 Å². The lowest BCUT2D eigenvalue weighted by molar-refractivity contribution is -0.385. The molecule has 0 atom stereocenters. The van der Waals surface area contributed by atoms with Crippen molar-refractivity contribution in [2.75, 3.05) is 24.6 Å². The summed E-state index contributed by atoms with van der Waals surface area (Å²) in [5.41, 5.74) is 0.543. The van der Waals surface area contributed by atoms with Crippen LogP contribution in [0.1, 0.15) is 41.9 Å². The Hall–Kier alpha value is -2.97. The number of rotatable bonds is 5.